The van der Waals surface area contributed by atoms with Crippen LogP contribution in [0.25, 0.3) is 10.8 Å². The van der Waals surface area contributed by atoms with Gasteiger partial charge in [0.25, 0.3) is 5.91 Å². The van der Waals surface area contributed by atoms with Crippen molar-refractivity contribution >= 4 is 40.2 Å². The highest BCUT2D eigenvalue weighted by Gasteiger charge is 2.36. The van der Waals surface area contributed by atoms with Gasteiger partial charge in [0.05, 0.1) is 24.0 Å². The van der Waals surface area contributed by atoms with Crippen LogP contribution in [0.3, 0.4) is 0 Å². The number of rotatable bonds is 8. The fraction of sp³-hybridized carbons (Fsp3) is 0.405. The number of carbonyl (C=O) groups excluding carboxylic acids is 4. The van der Waals surface area contributed by atoms with E-state index in [4.69, 9.17) is 4.74 Å². The lowest BCUT2D eigenvalue weighted by Gasteiger charge is -2.29. The molecule has 3 aromatic rings. The molecule has 4 N–H and O–H groups in total. The van der Waals surface area contributed by atoms with Gasteiger partial charge in [-0.15, -0.1) is 0 Å². The van der Waals surface area contributed by atoms with Crippen molar-refractivity contribution in [2.24, 2.45) is 11.8 Å². The average Bonchev–Trinajstić information content (AvgIpc) is 3.54. The summed E-state index contributed by atoms with van der Waals surface area (Å²) in [6.07, 6.45) is 8.81. The zero-order valence-electron chi connectivity index (χ0n) is 26.1. The summed E-state index contributed by atoms with van der Waals surface area (Å²) < 4.78 is 5.72. The Balaban J connectivity index is 1.35. The molecular formula is C37H43N3O6. The molecule has 1 heterocycles. The maximum Gasteiger partial charge on any atom is 0.309 e. The van der Waals surface area contributed by atoms with E-state index in [1.54, 1.807) is 6.07 Å². The van der Waals surface area contributed by atoms with Crippen LogP contribution in [0, 0.1) is 11.8 Å². The van der Waals surface area contributed by atoms with Gasteiger partial charge < -0.3 is 25.8 Å². The van der Waals surface area contributed by atoms with E-state index in [1.807, 2.05) is 78.9 Å². The van der Waals surface area contributed by atoms with Crippen LogP contribution in [-0.4, -0.2) is 53.6 Å². The minimum atomic E-state index is -1.19. The van der Waals surface area contributed by atoms with Gasteiger partial charge in [0.1, 0.15) is 12.6 Å². The smallest absolute Gasteiger partial charge is 0.309 e. The molecule has 1 aliphatic carbocycles. The molecule has 1 fully saturated rings. The van der Waals surface area contributed by atoms with E-state index in [0.29, 0.717) is 37.8 Å². The molecule has 0 radical (unpaired) electrons. The molecule has 2 aliphatic rings. The van der Waals surface area contributed by atoms with Crippen molar-refractivity contribution in [2.45, 2.75) is 69.4 Å². The highest BCUT2D eigenvalue weighted by molar-refractivity contribution is 5.99. The van der Waals surface area contributed by atoms with E-state index in [0.717, 1.165) is 29.2 Å². The summed E-state index contributed by atoms with van der Waals surface area (Å²) in [4.78, 5) is 53.8. The summed E-state index contributed by atoms with van der Waals surface area (Å²) >= 11 is 0. The monoisotopic (exact) mass is 625 g/mol. The van der Waals surface area contributed by atoms with Crippen molar-refractivity contribution in [3.63, 3.8) is 0 Å². The maximum atomic E-state index is 13.7. The van der Waals surface area contributed by atoms with Crippen molar-refractivity contribution in [2.75, 3.05) is 18.5 Å². The number of cyclic esters (lactones) is 1. The van der Waals surface area contributed by atoms with Gasteiger partial charge in [0.15, 0.2) is 0 Å². The molecule has 9 nitrogen and oxygen atoms in total. The van der Waals surface area contributed by atoms with Gasteiger partial charge >= 0.3 is 5.97 Å². The maximum absolute atomic E-state index is 13.7. The predicted molar refractivity (Wildman–Crippen MR) is 177 cm³/mol. The Morgan fingerprint density at radius 3 is 2.41 bits per heavy atom. The molecule has 242 valence electrons. The van der Waals surface area contributed by atoms with Crippen LogP contribution in [0.2, 0.25) is 0 Å². The normalized spacial score (nSPS) is 22.1. The van der Waals surface area contributed by atoms with Crippen molar-refractivity contribution in [3.05, 3.63) is 90.5 Å². The Bertz CT molecular complexity index is 1550. The summed E-state index contributed by atoms with van der Waals surface area (Å²) in [5.74, 6) is -2.97. The van der Waals surface area contributed by atoms with Crippen molar-refractivity contribution < 1.29 is 29.0 Å². The Hall–Kier alpha value is -4.50. The number of carbonyl (C=O) groups is 4. The molecule has 0 bridgehead atoms. The van der Waals surface area contributed by atoms with E-state index in [9.17, 15) is 24.3 Å². The summed E-state index contributed by atoms with van der Waals surface area (Å²) in [5, 5.41) is 20.6. The predicted octanol–water partition coefficient (Wildman–Crippen LogP) is 4.83. The van der Waals surface area contributed by atoms with Gasteiger partial charge in [-0.1, -0.05) is 85.7 Å². The Morgan fingerprint density at radius 2 is 1.65 bits per heavy atom. The van der Waals surface area contributed by atoms with Crippen molar-refractivity contribution in [1.29, 1.82) is 0 Å². The fourth-order valence-electron chi connectivity index (χ4n) is 6.36. The molecule has 1 aliphatic heterocycles. The first-order chi connectivity index (χ1) is 22.3. The lowest BCUT2D eigenvalue weighted by Crippen LogP contribution is -2.52. The minimum absolute atomic E-state index is 0.104. The highest BCUT2D eigenvalue weighted by Crippen LogP contribution is 2.29. The van der Waals surface area contributed by atoms with Crippen LogP contribution < -0.4 is 16.0 Å². The Morgan fingerprint density at radius 1 is 0.913 bits per heavy atom. The molecule has 5 rings (SSSR count). The number of amides is 3. The third-order valence-electron chi connectivity index (χ3n) is 9.04. The van der Waals surface area contributed by atoms with Crippen LogP contribution in [0.15, 0.2) is 84.9 Å². The second kappa shape index (κ2) is 15.7. The van der Waals surface area contributed by atoms with Crippen molar-refractivity contribution in [3.8, 4) is 0 Å². The second-order valence-corrected chi connectivity index (χ2v) is 12.5. The first-order valence-corrected chi connectivity index (χ1v) is 16.2. The third kappa shape index (κ3) is 8.81. The lowest BCUT2D eigenvalue weighted by atomic mass is 9.94. The molecule has 3 amide bonds. The number of fused-ring (bicyclic) bond motifs is 1. The molecule has 46 heavy (non-hydrogen) atoms. The third-order valence-corrected chi connectivity index (χ3v) is 9.04. The Labute approximate surface area is 269 Å². The van der Waals surface area contributed by atoms with Crippen LogP contribution >= 0.6 is 0 Å². The number of esters is 1. The number of aliphatic hydroxyl groups excluding tert-OH is 1. The summed E-state index contributed by atoms with van der Waals surface area (Å²) in [5.41, 5.74) is 0.890. The zero-order valence-corrected chi connectivity index (χ0v) is 26.1. The fourth-order valence-corrected chi connectivity index (χ4v) is 6.36. The van der Waals surface area contributed by atoms with Crippen LogP contribution in [0.1, 0.15) is 56.9 Å². The van der Waals surface area contributed by atoms with Gasteiger partial charge in [-0.2, -0.15) is 0 Å². The average molecular weight is 626 g/mol. The van der Waals surface area contributed by atoms with Crippen LogP contribution in [0.4, 0.5) is 5.69 Å². The molecule has 3 aromatic carbocycles. The van der Waals surface area contributed by atoms with Crippen molar-refractivity contribution in [1.82, 2.24) is 10.6 Å². The summed E-state index contributed by atoms with van der Waals surface area (Å²) in [6.45, 7) is -0.503. The minimum Gasteiger partial charge on any atom is -0.463 e. The largest absolute Gasteiger partial charge is 0.463 e. The molecule has 1 saturated carbocycles. The summed E-state index contributed by atoms with van der Waals surface area (Å²) in [6, 6.07) is 21.8. The number of anilines is 1. The second-order valence-electron chi connectivity index (χ2n) is 12.5. The summed E-state index contributed by atoms with van der Waals surface area (Å²) in [7, 11) is 0. The van der Waals surface area contributed by atoms with E-state index in [-0.39, 0.29) is 32.0 Å². The molecule has 0 aromatic heterocycles. The quantitative estimate of drug-likeness (QED) is 0.209. The Kier molecular flexibility index (Phi) is 11.2. The standard InChI is InChI=1S/C37H43N3O6/c41-25-37(19-9-10-20-37)40-33(42)23-29-15-5-2-6-16-30(21-26-11-3-1-4-12-26)36(45)46-24-32(39-34(29)43)35(44)38-31-18-17-27-13-7-8-14-28(27)22-31/h1-5,7-8,11-14,17-18,22,29-30,32,41H,6,9-10,15-16,19-21,23-25H2,(H,38,44)(H,39,43)(H,40,42)/t29-,30-,32+/m1/s1. The first-order valence-electron chi connectivity index (χ1n) is 16.2. The lowest BCUT2D eigenvalue weighted by molar-refractivity contribution is -0.150. The SMILES string of the molecule is O=C(C[C@H]1CC=CCC[C@H](Cc2ccccc2)C(=O)OC[C@@H](C(=O)Nc2ccc3ccccc3c2)NC1=O)NC1(CO)CCCC1. The highest BCUT2D eigenvalue weighted by atomic mass is 16.5. The number of nitrogens with one attached hydrogen (secondary N) is 3. The van der Waals surface area contributed by atoms with E-state index < -0.39 is 41.2 Å². The van der Waals surface area contributed by atoms with Crippen LogP contribution in [-0.2, 0) is 30.3 Å². The number of ether oxygens (including phenoxy) is 1. The first kappa shape index (κ1) is 32.9. The molecule has 9 heteroatoms. The zero-order chi connectivity index (χ0) is 32.4. The number of hydrogen-bond donors (Lipinski definition) is 4. The van der Waals surface area contributed by atoms with Gasteiger partial charge in [-0.05, 0) is 67.0 Å². The van der Waals surface area contributed by atoms with E-state index in [2.05, 4.69) is 16.0 Å². The van der Waals surface area contributed by atoms with E-state index >= 15 is 0 Å². The number of hydrogen-bond acceptors (Lipinski definition) is 6. The molecular weight excluding hydrogens is 582 g/mol. The van der Waals surface area contributed by atoms with Gasteiger partial charge in [0.2, 0.25) is 11.8 Å². The van der Waals surface area contributed by atoms with E-state index in [1.165, 1.54) is 0 Å². The molecule has 0 unspecified atom stereocenters. The number of allylic oxidation sites excluding steroid dienone is 2. The molecule has 0 spiro atoms. The molecule has 0 saturated heterocycles. The van der Waals surface area contributed by atoms with Gasteiger partial charge in [-0.25, -0.2) is 0 Å². The van der Waals surface area contributed by atoms with Gasteiger partial charge in [-0.3, -0.25) is 19.2 Å². The van der Waals surface area contributed by atoms with Gasteiger partial charge in [0, 0.05) is 12.1 Å². The number of aliphatic hydroxyl groups is 1. The number of benzene rings is 3. The topological polar surface area (TPSA) is 134 Å². The van der Waals surface area contributed by atoms with Crippen LogP contribution in [0.5, 0.6) is 0 Å². The molecule has 3 atom stereocenters.